The molecule has 17 heavy (non-hydrogen) atoms. The first-order valence-electron chi connectivity index (χ1n) is 5.15. The van der Waals surface area contributed by atoms with Gasteiger partial charge in [0.05, 0.1) is 7.11 Å². The van der Waals surface area contributed by atoms with E-state index in [1.54, 1.807) is 18.4 Å². The van der Waals surface area contributed by atoms with Gasteiger partial charge in [-0.05, 0) is 22.0 Å². The maximum Gasteiger partial charge on any atom is 0.186 e. The number of thiazole rings is 1. The molecule has 1 aromatic heterocycles. The van der Waals surface area contributed by atoms with Crippen molar-refractivity contribution >= 4 is 32.4 Å². The van der Waals surface area contributed by atoms with E-state index in [0.29, 0.717) is 0 Å². The summed E-state index contributed by atoms with van der Waals surface area (Å²) in [6.07, 6.45) is 0. The lowest BCUT2D eigenvalue weighted by Crippen LogP contribution is -2.16. The molecule has 2 aromatic rings. The first-order valence-corrected chi connectivity index (χ1v) is 6.82. The quantitative estimate of drug-likeness (QED) is 0.863. The van der Waals surface area contributed by atoms with Gasteiger partial charge in [0.15, 0.2) is 5.13 Å². The zero-order valence-corrected chi connectivity index (χ0v) is 12.1. The fraction of sp³-hybridized carbons (Fsp3) is 0.250. The van der Waals surface area contributed by atoms with Crippen molar-refractivity contribution in [3.05, 3.63) is 39.8 Å². The van der Waals surface area contributed by atoms with Crippen LogP contribution in [0.1, 0.15) is 5.56 Å². The Morgan fingerprint density at radius 2 is 2.18 bits per heavy atom. The van der Waals surface area contributed by atoms with Crippen molar-refractivity contribution in [3.63, 3.8) is 0 Å². The molecule has 0 fully saturated rings. The number of anilines is 1. The number of methoxy groups -OCH3 is 1. The van der Waals surface area contributed by atoms with Crippen LogP contribution >= 0.6 is 27.3 Å². The Morgan fingerprint density at radius 1 is 1.41 bits per heavy atom. The van der Waals surface area contributed by atoms with E-state index in [-0.39, 0.29) is 0 Å². The highest BCUT2D eigenvalue weighted by Crippen LogP contribution is 2.26. The van der Waals surface area contributed by atoms with E-state index in [1.807, 2.05) is 30.6 Å². The van der Waals surface area contributed by atoms with Crippen LogP contribution in [-0.2, 0) is 6.54 Å². The third kappa shape index (κ3) is 2.98. The van der Waals surface area contributed by atoms with Crippen molar-refractivity contribution in [3.8, 4) is 5.75 Å². The summed E-state index contributed by atoms with van der Waals surface area (Å²) in [5, 5.41) is 2.97. The molecule has 2 rings (SSSR count). The van der Waals surface area contributed by atoms with E-state index in [2.05, 4.69) is 31.9 Å². The number of nitrogens with zero attached hydrogens (tertiary/aromatic N) is 2. The Labute approximate surface area is 113 Å². The number of aromatic nitrogens is 1. The molecule has 0 aliphatic heterocycles. The molecule has 0 atom stereocenters. The molecule has 0 N–H and O–H groups in total. The molecule has 0 saturated carbocycles. The predicted molar refractivity (Wildman–Crippen MR) is 74.9 cm³/mol. The third-order valence-corrected chi connectivity index (χ3v) is 4.05. The number of halogens is 1. The lowest BCUT2D eigenvalue weighted by Gasteiger charge is -2.17. The summed E-state index contributed by atoms with van der Waals surface area (Å²) in [4.78, 5) is 6.49. The van der Waals surface area contributed by atoms with Crippen molar-refractivity contribution in [2.24, 2.45) is 0 Å². The lowest BCUT2D eigenvalue weighted by atomic mass is 10.2. The van der Waals surface area contributed by atoms with E-state index >= 15 is 0 Å². The van der Waals surface area contributed by atoms with Crippen molar-refractivity contribution < 1.29 is 4.74 Å². The molecule has 0 amide bonds. The van der Waals surface area contributed by atoms with Gasteiger partial charge in [-0.15, -0.1) is 11.3 Å². The van der Waals surface area contributed by atoms with E-state index in [4.69, 9.17) is 4.74 Å². The smallest absolute Gasteiger partial charge is 0.186 e. The molecular formula is C12H13BrN2OS. The first kappa shape index (κ1) is 12.4. The van der Waals surface area contributed by atoms with Crippen LogP contribution in [0, 0.1) is 0 Å². The van der Waals surface area contributed by atoms with Crippen molar-refractivity contribution in [2.75, 3.05) is 19.1 Å². The fourth-order valence-corrected chi connectivity index (χ4v) is 2.79. The van der Waals surface area contributed by atoms with E-state index in [1.165, 1.54) is 0 Å². The summed E-state index contributed by atoms with van der Waals surface area (Å²) in [6, 6.07) is 8.03. The summed E-state index contributed by atoms with van der Waals surface area (Å²) < 4.78 is 6.21. The Hall–Kier alpha value is -1.07. The molecule has 0 saturated heterocycles. The summed E-state index contributed by atoms with van der Waals surface area (Å²) in [6.45, 7) is 0.782. The topological polar surface area (TPSA) is 25.4 Å². The Kier molecular flexibility index (Phi) is 4.02. The van der Waals surface area contributed by atoms with Gasteiger partial charge in [0.2, 0.25) is 0 Å². The Bertz CT molecular complexity index is 501. The molecule has 90 valence electrons. The minimum Gasteiger partial charge on any atom is -0.496 e. The molecule has 1 heterocycles. The molecule has 1 aromatic carbocycles. The molecular weight excluding hydrogens is 300 g/mol. The highest BCUT2D eigenvalue weighted by Gasteiger charge is 2.09. The predicted octanol–water partition coefficient (Wildman–Crippen LogP) is 3.55. The van der Waals surface area contributed by atoms with Crippen molar-refractivity contribution in [1.82, 2.24) is 4.98 Å². The number of hydrogen-bond donors (Lipinski definition) is 0. The maximum atomic E-state index is 5.33. The lowest BCUT2D eigenvalue weighted by molar-refractivity contribution is 0.409. The van der Waals surface area contributed by atoms with E-state index < -0.39 is 0 Å². The second kappa shape index (κ2) is 5.51. The van der Waals surface area contributed by atoms with Gasteiger partial charge >= 0.3 is 0 Å². The number of hydrogen-bond acceptors (Lipinski definition) is 4. The minimum absolute atomic E-state index is 0.782. The zero-order chi connectivity index (χ0) is 12.3. The van der Waals surface area contributed by atoms with Crippen LogP contribution in [0.2, 0.25) is 0 Å². The van der Waals surface area contributed by atoms with Gasteiger partial charge in [-0.2, -0.15) is 0 Å². The van der Waals surface area contributed by atoms with Gasteiger partial charge in [0, 0.05) is 24.5 Å². The number of para-hydroxylation sites is 1. The zero-order valence-electron chi connectivity index (χ0n) is 9.68. The first-order chi connectivity index (χ1) is 8.20. The van der Waals surface area contributed by atoms with Gasteiger partial charge in [-0.1, -0.05) is 18.2 Å². The standard InChI is InChI=1S/C12H13BrN2OS/c1-15(12-14-11(13)8-17-12)7-9-5-3-4-6-10(9)16-2/h3-6,8H,7H2,1-2H3. The molecule has 5 heteroatoms. The Balaban J connectivity index is 2.15. The SMILES string of the molecule is COc1ccccc1CN(C)c1nc(Br)cs1. The van der Waals surface area contributed by atoms with Crippen LogP contribution in [0.15, 0.2) is 34.2 Å². The monoisotopic (exact) mass is 312 g/mol. The molecule has 0 radical (unpaired) electrons. The molecule has 0 aliphatic rings. The van der Waals surface area contributed by atoms with Gasteiger partial charge < -0.3 is 9.64 Å². The van der Waals surface area contributed by atoms with Crippen molar-refractivity contribution in [1.29, 1.82) is 0 Å². The number of rotatable bonds is 4. The van der Waals surface area contributed by atoms with Crippen LogP contribution in [0.3, 0.4) is 0 Å². The van der Waals surface area contributed by atoms with E-state index in [9.17, 15) is 0 Å². The van der Waals surface area contributed by atoms with Crippen molar-refractivity contribution in [2.45, 2.75) is 6.54 Å². The van der Waals surface area contributed by atoms with Gasteiger partial charge in [0.25, 0.3) is 0 Å². The van der Waals surface area contributed by atoms with Crippen LogP contribution < -0.4 is 9.64 Å². The summed E-state index contributed by atoms with van der Waals surface area (Å²) >= 11 is 4.98. The molecule has 0 unspecified atom stereocenters. The van der Waals surface area contributed by atoms with Gasteiger partial charge in [-0.3, -0.25) is 0 Å². The maximum absolute atomic E-state index is 5.33. The number of ether oxygens (including phenoxy) is 1. The summed E-state index contributed by atoms with van der Waals surface area (Å²) in [5.41, 5.74) is 1.16. The molecule has 0 bridgehead atoms. The van der Waals surface area contributed by atoms with Crippen LogP contribution in [0.4, 0.5) is 5.13 Å². The van der Waals surface area contributed by atoms with Crippen LogP contribution in [0.5, 0.6) is 5.75 Å². The van der Waals surface area contributed by atoms with E-state index in [0.717, 1.165) is 27.6 Å². The van der Waals surface area contributed by atoms with Gasteiger partial charge in [0.1, 0.15) is 10.4 Å². The highest BCUT2D eigenvalue weighted by atomic mass is 79.9. The normalized spacial score (nSPS) is 10.3. The molecule has 3 nitrogen and oxygen atoms in total. The second-order valence-electron chi connectivity index (χ2n) is 3.62. The summed E-state index contributed by atoms with van der Waals surface area (Å²) in [7, 11) is 3.72. The fourth-order valence-electron chi connectivity index (χ4n) is 1.58. The Morgan fingerprint density at radius 3 is 2.82 bits per heavy atom. The second-order valence-corrected chi connectivity index (χ2v) is 5.27. The average molecular weight is 313 g/mol. The summed E-state index contributed by atoms with van der Waals surface area (Å²) in [5.74, 6) is 0.912. The minimum atomic E-state index is 0.782. The highest BCUT2D eigenvalue weighted by molar-refractivity contribution is 9.10. The number of benzene rings is 1. The van der Waals surface area contributed by atoms with Gasteiger partial charge in [-0.25, -0.2) is 4.98 Å². The van der Waals surface area contributed by atoms with Crippen LogP contribution in [0.25, 0.3) is 0 Å². The third-order valence-electron chi connectivity index (χ3n) is 2.39. The molecule has 0 aliphatic carbocycles. The average Bonchev–Trinajstić information content (AvgIpc) is 2.77. The molecule has 0 spiro atoms. The van der Waals surface area contributed by atoms with Crippen LogP contribution in [-0.4, -0.2) is 19.1 Å². The largest absolute Gasteiger partial charge is 0.496 e.